The van der Waals surface area contributed by atoms with Gasteiger partial charge in [-0.05, 0) is 50.3 Å². The Morgan fingerprint density at radius 2 is 2.06 bits per heavy atom. The van der Waals surface area contributed by atoms with Crippen molar-refractivity contribution in [1.29, 1.82) is 0 Å². The van der Waals surface area contributed by atoms with Gasteiger partial charge in [0, 0.05) is 5.56 Å². The minimum Gasteiger partial charge on any atom is -0.388 e. The molecule has 1 heterocycles. The molecule has 0 spiro atoms. The molecule has 0 bridgehead atoms. The Bertz CT molecular complexity index is 338. The predicted octanol–water partition coefficient (Wildman–Crippen LogP) is 5.91. The summed E-state index contributed by atoms with van der Waals surface area (Å²) in [6, 6.07) is 2.02. The summed E-state index contributed by atoms with van der Waals surface area (Å²) in [7, 11) is 0. The molecule has 0 radical (unpaired) electrons. The number of rotatable bonds is 7. The van der Waals surface area contributed by atoms with Gasteiger partial charge in [0.1, 0.15) is 0 Å². The van der Waals surface area contributed by atoms with Crippen LogP contribution in [0, 0.1) is 5.92 Å². The van der Waals surface area contributed by atoms with Gasteiger partial charge in [0.15, 0.2) is 0 Å². The topological polar surface area (TPSA) is 20.2 Å². The maximum absolute atomic E-state index is 10.3. The van der Waals surface area contributed by atoms with Crippen LogP contribution in [0.1, 0.15) is 57.6 Å². The summed E-state index contributed by atoms with van der Waals surface area (Å²) in [6.45, 7) is 4.43. The van der Waals surface area contributed by atoms with Gasteiger partial charge in [0.05, 0.1) is 13.7 Å². The fraction of sp³-hybridized carbons (Fsp3) is 0.692. The van der Waals surface area contributed by atoms with Gasteiger partial charge in [0.2, 0.25) is 0 Å². The maximum Gasteiger partial charge on any atom is 0.0812 e. The van der Waals surface area contributed by atoms with Gasteiger partial charge in [-0.2, -0.15) is 0 Å². The Hall–Kier alpha value is 0.620. The van der Waals surface area contributed by atoms with Crippen molar-refractivity contribution in [3.05, 3.63) is 19.2 Å². The second kappa shape index (κ2) is 7.93. The van der Waals surface area contributed by atoms with Crippen LogP contribution in [0.2, 0.25) is 0 Å². The van der Waals surface area contributed by atoms with Crippen LogP contribution in [0.3, 0.4) is 0 Å². The van der Waals surface area contributed by atoms with Crippen molar-refractivity contribution in [2.75, 3.05) is 0 Å². The maximum atomic E-state index is 10.3. The highest BCUT2D eigenvalue weighted by atomic mass is 79.9. The normalized spacial score (nSPS) is 14.9. The lowest BCUT2D eigenvalue weighted by molar-refractivity contribution is 0.139. The zero-order valence-corrected chi connectivity index (χ0v) is 14.4. The van der Waals surface area contributed by atoms with E-state index in [4.69, 9.17) is 0 Å². The molecule has 0 amide bonds. The predicted molar refractivity (Wildman–Crippen MR) is 82.6 cm³/mol. The van der Waals surface area contributed by atoms with Crippen LogP contribution in [-0.4, -0.2) is 5.11 Å². The summed E-state index contributed by atoms with van der Waals surface area (Å²) >= 11 is 8.59. The van der Waals surface area contributed by atoms with E-state index in [1.54, 1.807) is 11.3 Å². The summed E-state index contributed by atoms with van der Waals surface area (Å²) < 4.78 is 2.11. The first-order valence-corrected chi connectivity index (χ1v) is 8.61. The van der Waals surface area contributed by atoms with E-state index in [2.05, 4.69) is 45.7 Å². The summed E-state index contributed by atoms with van der Waals surface area (Å²) in [4.78, 5) is 0. The number of aliphatic hydroxyl groups is 1. The van der Waals surface area contributed by atoms with Crippen LogP contribution < -0.4 is 0 Å². The van der Waals surface area contributed by atoms with Gasteiger partial charge in [0.25, 0.3) is 0 Å². The van der Waals surface area contributed by atoms with Crippen LogP contribution >= 0.6 is 43.2 Å². The Labute approximate surface area is 125 Å². The molecule has 0 aliphatic carbocycles. The minimum absolute atomic E-state index is 0.339. The van der Waals surface area contributed by atoms with Gasteiger partial charge < -0.3 is 5.11 Å². The third-order valence-corrected chi connectivity index (χ3v) is 5.53. The molecule has 0 fully saturated rings. The van der Waals surface area contributed by atoms with Crippen LogP contribution in [0.25, 0.3) is 0 Å². The second-order valence-electron chi connectivity index (χ2n) is 4.45. The van der Waals surface area contributed by atoms with Crippen molar-refractivity contribution < 1.29 is 5.11 Å². The molecule has 1 aromatic heterocycles. The SMILES string of the molecule is CCCCC(CC)CC(O)c1cc(Br)sc1Br. The second-order valence-corrected chi connectivity index (χ2v) is 8.20. The van der Waals surface area contributed by atoms with Crippen LogP contribution in [0.15, 0.2) is 13.6 Å². The lowest BCUT2D eigenvalue weighted by Gasteiger charge is -2.18. The van der Waals surface area contributed by atoms with Gasteiger partial charge in [-0.1, -0.05) is 39.5 Å². The molecule has 0 saturated heterocycles. The molecule has 0 saturated carbocycles. The molecule has 0 aromatic carbocycles. The smallest absolute Gasteiger partial charge is 0.0812 e. The van der Waals surface area contributed by atoms with E-state index in [0.29, 0.717) is 5.92 Å². The Kier molecular flexibility index (Phi) is 7.31. The van der Waals surface area contributed by atoms with E-state index in [0.717, 1.165) is 26.0 Å². The van der Waals surface area contributed by atoms with Gasteiger partial charge in [-0.15, -0.1) is 11.3 Å². The van der Waals surface area contributed by atoms with Crippen LogP contribution in [0.5, 0.6) is 0 Å². The standard InChI is InChI=1S/C13H20Br2OS/c1-3-5-6-9(4-2)7-11(16)10-8-12(14)17-13(10)15/h8-9,11,16H,3-7H2,1-2H3. The van der Waals surface area contributed by atoms with E-state index in [-0.39, 0.29) is 6.10 Å². The lowest BCUT2D eigenvalue weighted by Crippen LogP contribution is -2.06. The van der Waals surface area contributed by atoms with Crippen molar-refractivity contribution in [2.45, 2.75) is 52.1 Å². The van der Waals surface area contributed by atoms with E-state index in [1.807, 2.05) is 6.07 Å². The van der Waals surface area contributed by atoms with Crippen LogP contribution in [0.4, 0.5) is 0 Å². The third kappa shape index (κ3) is 5.01. The molecule has 4 heteroatoms. The molecule has 0 aliphatic heterocycles. The molecule has 98 valence electrons. The largest absolute Gasteiger partial charge is 0.388 e. The Morgan fingerprint density at radius 1 is 1.35 bits per heavy atom. The van der Waals surface area contributed by atoms with Gasteiger partial charge in [-0.25, -0.2) is 0 Å². The highest BCUT2D eigenvalue weighted by molar-refractivity contribution is 9.12. The number of thiophene rings is 1. The number of aliphatic hydroxyl groups excluding tert-OH is 1. The Balaban J connectivity index is 2.57. The fourth-order valence-corrected chi connectivity index (χ4v) is 4.96. The molecule has 1 nitrogen and oxygen atoms in total. The molecule has 1 rings (SSSR count). The van der Waals surface area contributed by atoms with Gasteiger partial charge in [-0.3, -0.25) is 0 Å². The van der Waals surface area contributed by atoms with Crippen LogP contribution in [-0.2, 0) is 0 Å². The van der Waals surface area contributed by atoms with E-state index >= 15 is 0 Å². The first-order valence-electron chi connectivity index (χ1n) is 6.21. The van der Waals surface area contributed by atoms with E-state index < -0.39 is 0 Å². The summed E-state index contributed by atoms with van der Waals surface area (Å²) in [6.07, 6.45) is 5.42. The first-order chi connectivity index (χ1) is 8.08. The molecule has 0 aliphatic rings. The zero-order valence-electron chi connectivity index (χ0n) is 10.4. The fourth-order valence-electron chi connectivity index (χ4n) is 2.00. The molecule has 2 atom stereocenters. The van der Waals surface area contributed by atoms with E-state index in [9.17, 15) is 5.11 Å². The van der Waals surface area contributed by atoms with Crippen molar-refractivity contribution in [3.8, 4) is 0 Å². The first kappa shape index (κ1) is 15.7. The molecule has 2 unspecified atom stereocenters. The summed E-state index contributed by atoms with van der Waals surface area (Å²) in [5.41, 5.74) is 1.02. The molecular weight excluding hydrogens is 364 g/mol. The van der Waals surface area contributed by atoms with E-state index in [1.165, 1.54) is 19.3 Å². The summed E-state index contributed by atoms with van der Waals surface area (Å²) in [5, 5.41) is 10.3. The van der Waals surface area contributed by atoms with Gasteiger partial charge >= 0.3 is 0 Å². The summed E-state index contributed by atoms with van der Waals surface area (Å²) in [5.74, 6) is 0.635. The van der Waals surface area contributed by atoms with Crippen molar-refractivity contribution in [1.82, 2.24) is 0 Å². The number of hydrogen-bond donors (Lipinski definition) is 1. The highest BCUT2D eigenvalue weighted by Crippen LogP contribution is 2.38. The minimum atomic E-state index is -0.339. The molecular formula is C13H20Br2OS. The third-order valence-electron chi connectivity index (χ3n) is 3.14. The molecule has 17 heavy (non-hydrogen) atoms. The quantitative estimate of drug-likeness (QED) is 0.620. The monoisotopic (exact) mass is 382 g/mol. The number of halogens is 2. The lowest BCUT2D eigenvalue weighted by atomic mass is 9.91. The average Bonchev–Trinajstić information content (AvgIpc) is 2.63. The number of unbranched alkanes of at least 4 members (excludes halogenated alkanes) is 1. The molecule has 1 aromatic rings. The number of hydrogen-bond acceptors (Lipinski definition) is 2. The average molecular weight is 384 g/mol. The van der Waals surface area contributed by atoms with Crippen molar-refractivity contribution in [3.63, 3.8) is 0 Å². The zero-order chi connectivity index (χ0) is 12.8. The van der Waals surface area contributed by atoms with Crippen molar-refractivity contribution in [2.24, 2.45) is 5.92 Å². The highest BCUT2D eigenvalue weighted by Gasteiger charge is 2.18. The Morgan fingerprint density at radius 3 is 2.53 bits per heavy atom. The van der Waals surface area contributed by atoms with Crippen molar-refractivity contribution >= 4 is 43.2 Å². The molecule has 1 N–H and O–H groups in total.